The van der Waals surface area contributed by atoms with Gasteiger partial charge in [0.25, 0.3) is 0 Å². The summed E-state index contributed by atoms with van der Waals surface area (Å²) >= 11 is 0. The molecular formula is C36H43NO4. The minimum absolute atomic E-state index is 0.279. The fourth-order valence-corrected chi connectivity index (χ4v) is 4.39. The monoisotopic (exact) mass is 553 g/mol. The lowest BCUT2D eigenvalue weighted by atomic mass is 10.1. The zero-order valence-corrected chi connectivity index (χ0v) is 25.3. The van der Waals surface area contributed by atoms with Crippen molar-refractivity contribution in [3.05, 3.63) is 112 Å². The van der Waals surface area contributed by atoms with Crippen molar-refractivity contribution in [2.75, 3.05) is 18.1 Å². The molecule has 0 spiro atoms. The molecular weight excluding hydrogens is 510 g/mol. The van der Waals surface area contributed by atoms with Gasteiger partial charge in [0.05, 0.1) is 13.2 Å². The molecule has 3 aromatic rings. The first-order valence-electron chi connectivity index (χ1n) is 14.3. The van der Waals surface area contributed by atoms with Crippen LogP contribution in [0.5, 0.6) is 0 Å². The molecule has 3 aromatic carbocycles. The molecule has 3 rings (SSSR count). The molecule has 0 fully saturated rings. The van der Waals surface area contributed by atoms with Crippen LogP contribution in [0.2, 0.25) is 0 Å². The normalized spacial score (nSPS) is 10.5. The second-order valence-corrected chi connectivity index (χ2v) is 10.9. The standard InChI is InChI=1S/C36H43NO4/c1-26(2)23-35(38)40-21-7-9-30-12-17-32(18-13-30)37(34-16-11-28(5)29(6)25-34)33-19-14-31(15-20-33)10-8-22-41-36(39)24-27(3)4/h11-20,23-25H,7-10,21-22H2,1-6H3. The number of nitrogens with zero attached hydrogens (tertiary/aromatic N) is 1. The van der Waals surface area contributed by atoms with Crippen molar-refractivity contribution in [3.63, 3.8) is 0 Å². The number of rotatable bonds is 13. The van der Waals surface area contributed by atoms with Crippen molar-refractivity contribution in [2.24, 2.45) is 0 Å². The van der Waals surface area contributed by atoms with Crippen LogP contribution in [-0.4, -0.2) is 25.2 Å². The summed E-state index contributed by atoms with van der Waals surface area (Å²) in [5.74, 6) is -0.559. The van der Waals surface area contributed by atoms with Gasteiger partial charge in [0.1, 0.15) is 0 Å². The van der Waals surface area contributed by atoms with Crippen LogP contribution in [0.4, 0.5) is 17.1 Å². The predicted octanol–water partition coefficient (Wildman–Crippen LogP) is 8.66. The Morgan fingerprint density at radius 2 is 1.02 bits per heavy atom. The Labute approximate surface area is 245 Å². The summed E-state index contributed by atoms with van der Waals surface area (Å²) in [7, 11) is 0. The van der Waals surface area contributed by atoms with E-state index in [1.807, 2.05) is 27.7 Å². The maximum Gasteiger partial charge on any atom is 0.330 e. The summed E-state index contributed by atoms with van der Waals surface area (Å²) in [4.78, 5) is 25.7. The molecule has 0 aliphatic heterocycles. The third kappa shape index (κ3) is 10.4. The van der Waals surface area contributed by atoms with E-state index in [0.717, 1.165) is 53.9 Å². The molecule has 0 atom stereocenters. The van der Waals surface area contributed by atoms with Gasteiger partial charge in [-0.2, -0.15) is 0 Å². The van der Waals surface area contributed by atoms with Gasteiger partial charge >= 0.3 is 11.9 Å². The maximum absolute atomic E-state index is 11.7. The molecule has 0 aromatic heterocycles. The Balaban J connectivity index is 1.70. The van der Waals surface area contributed by atoms with Gasteiger partial charge in [-0.05, 0) is 126 Å². The third-order valence-corrected chi connectivity index (χ3v) is 6.66. The highest BCUT2D eigenvalue weighted by atomic mass is 16.5. The average molecular weight is 554 g/mol. The van der Waals surface area contributed by atoms with Crippen LogP contribution in [0.25, 0.3) is 0 Å². The van der Waals surface area contributed by atoms with Crippen LogP contribution < -0.4 is 4.90 Å². The fraction of sp³-hybridized carbons (Fsp3) is 0.333. The number of carbonyl (C=O) groups excluding carboxylic acids is 2. The SMILES string of the molecule is CC(C)=CC(=O)OCCCc1ccc(N(c2ccc(CCCOC(=O)C=C(C)C)cc2)c2ccc(C)c(C)c2)cc1. The molecule has 5 nitrogen and oxygen atoms in total. The van der Waals surface area contributed by atoms with E-state index in [2.05, 4.69) is 85.5 Å². The minimum atomic E-state index is -0.279. The fourth-order valence-electron chi connectivity index (χ4n) is 4.39. The summed E-state index contributed by atoms with van der Waals surface area (Å²) in [5.41, 5.74) is 10.0. The van der Waals surface area contributed by atoms with Crippen LogP contribution in [0, 0.1) is 13.8 Å². The molecule has 5 heteroatoms. The quantitative estimate of drug-likeness (QED) is 0.120. The molecule has 0 aliphatic rings. The molecule has 0 heterocycles. The van der Waals surface area contributed by atoms with Crippen LogP contribution in [0.3, 0.4) is 0 Å². The maximum atomic E-state index is 11.7. The van der Waals surface area contributed by atoms with E-state index in [-0.39, 0.29) is 11.9 Å². The van der Waals surface area contributed by atoms with E-state index >= 15 is 0 Å². The number of anilines is 3. The molecule has 0 radical (unpaired) electrons. The van der Waals surface area contributed by atoms with E-state index < -0.39 is 0 Å². The van der Waals surface area contributed by atoms with E-state index in [1.54, 1.807) is 0 Å². The summed E-state index contributed by atoms with van der Waals surface area (Å²) in [6.45, 7) is 12.6. The molecule has 41 heavy (non-hydrogen) atoms. The summed E-state index contributed by atoms with van der Waals surface area (Å²) in [6, 6.07) is 23.7. The number of benzene rings is 3. The second kappa shape index (κ2) is 15.6. The van der Waals surface area contributed by atoms with E-state index in [0.29, 0.717) is 13.2 Å². The summed E-state index contributed by atoms with van der Waals surface area (Å²) in [6.07, 6.45) is 6.27. The summed E-state index contributed by atoms with van der Waals surface area (Å²) < 4.78 is 10.6. The third-order valence-electron chi connectivity index (χ3n) is 6.66. The highest BCUT2D eigenvalue weighted by molar-refractivity contribution is 5.83. The van der Waals surface area contributed by atoms with Crippen molar-refractivity contribution in [1.82, 2.24) is 0 Å². The van der Waals surface area contributed by atoms with Crippen LogP contribution in [0.15, 0.2) is 90.0 Å². The molecule has 0 saturated heterocycles. The Kier molecular flexibility index (Phi) is 12.0. The Morgan fingerprint density at radius 3 is 1.41 bits per heavy atom. The molecule has 216 valence electrons. The van der Waals surface area contributed by atoms with Crippen molar-refractivity contribution in [3.8, 4) is 0 Å². The van der Waals surface area contributed by atoms with E-state index in [9.17, 15) is 9.59 Å². The van der Waals surface area contributed by atoms with E-state index in [1.165, 1.54) is 34.4 Å². The van der Waals surface area contributed by atoms with Crippen molar-refractivity contribution in [1.29, 1.82) is 0 Å². The lowest BCUT2D eigenvalue weighted by Gasteiger charge is -2.26. The Morgan fingerprint density at radius 1 is 0.610 bits per heavy atom. The number of carbonyl (C=O) groups is 2. The van der Waals surface area contributed by atoms with Crippen molar-refractivity contribution >= 4 is 29.0 Å². The molecule has 0 aliphatic carbocycles. The predicted molar refractivity (Wildman–Crippen MR) is 168 cm³/mol. The Bertz CT molecular complexity index is 1280. The largest absolute Gasteiger partial charge is 0.463 e. The van der Waals surface area contributed by atoms with Gasteiger partial charge in [-0.25, -0.2) is 9.59 Å². The van der Waals surface area contributed by atoms with Crippen molar-refractivity contribution < 1.29 is 19.1 Å². The Hall–Kier alpha value is -4.12. The lowest BCUT2D eigenvalue weighted by molar-refractivity contribution is -0.138. The zero-order valence-electron chi connectivity index (χ0n) is 25.3. The van der Waals surface area contributed by atoms with Gasteiger partial charge in [-0.3, -0.25) is 0 Å². The van der Waals surface area contributed by atoms with Gasteiger partial charge < -0.3 is 14.4 Å². The van der Waals surface area contributed by atoms with Gasteiger partial charge in [0.15, 0.2) is 0 Å². The number of esters is 2. The minimum Gasteiger partial charge on any atom is -0.463 e. The van der Waals surface area contributed by atoms with E-state index in [4.69, 9.17) is 9.47 Å². The highest BCUT2D eigenvalue weighted by Gasteiger charge is 2.14. The lowest BCUT2D eigenvalue weighted by Crippen LogP contribution is -2.10. The average Bonchev–Trinajstić information content (AvgIpc) is 2.92. The highest BCUT2D eigenvalue weighted by Crippen LogP contribution is 2.35. The topological polar surface area (TPSA) is 55.8 Å². The number of aryl methyl sites for hydroxylation is 4. The molecule has 0 bridgehead atoms. The van der Waals surface area contributed by atoms with Gasteiger partial charge in [0, 0.05) is 29.2 Å². The van der Waals surface area contributed by atoms with Crippen molar-refractivity contribution in [2.45, 2.75) is 67.2 Å². The summed E-state index contributed by atoms with van der Waals surface area (Å²) in [5, 5.41) is 0. The number of ether oxygens (including phenoxy) is 2. The first-order chi connectivity index (χ1) is 19.6. The number of hydrogen-bond donors (Lipinski definition) is 0. The van der Waals surface area contributed by atoms with Gasteiger partial charge in [-0.1, -0.05) is 41.5 Å². The number of allylic oxidation sites excluding steroid dienone is 2. The zero-order chi connectivity index (χ0) is 29.8. The molecule has 0 N–H and O–H groups in total. The smallest absolute Gasteiger partial charge is 0.330 e. The molecule has 0 amide bonds. The van der Waals surface area contributed by atoms with Gasteiger partial charge in [0.2, 0.25) is 0 Å². The second-order valence-electron chi connectivity index (χ2n) is 10.9. The van der Waals surface area contributed by atoms with Crippen LogP contribution in [-0.2, 0) is 31.9 Å². The first-order valence-corrected chi connectivity index (χ1v) is 14.3. The van der Waals surface area contributed by atoms with Crippen LogP contribution in [0.1, 0.15) is 62.8 Å². The molecule has 0 saturated carbocycles. The molecule has 0 unspecified atom stereocenters. The van der Waals surface area contributed by atoms with Gasteiger partial charge in [-0.15, -0.1) is 0 Å². The van der Waals surface area contributed by atoms with Crippen LogP contribution >= 0.6 is 0 Å². The first kappa shape index (κ1) is 31.4. The number of hydrogen-bond acceptors (Lipinski definition) is 5.